The number of nitrogens with zero attached hydrogens (tertiary/aromatic N) is 3. The Morgan fingerprint density at radius 3 is 1.71 bits per heavy atom. The zero-order valence-corrected chi connectivity index (χ0v) is 28.7. The van der Waals surface area contributed by atoms with Gasteiger partial charge in [0.05, 0.1) is 22.2 Å². The lowest BCUT2D eigenvalue weighted by Crippen LogP contribution is -2.04. The monoisotopic (exact) mass is 677 g/mol. The predicted molar refractivity (Wildman–Crippen MR) is 222 cm³/mol. The van der Waals surface area contributed by atoms with Crippen molar-refractivity contribution in [3.05, 3.63) is 164 Å². The van der Waals surface area contributed by atoms with E-state index in [9.17, 15) is 0 Å². The Labute approximate surface area is 301 Å². The van der Waals surface area contributed by atoms with E-state index in [1.54, 1.807) is 0 Å². The largest absolute Gasteiger partial charge is 0.277 e. The standard InChI is InChI=1S/C48H27N3S/c1-2-14-28(15-3-1)46-38-26-37-31-18-11-13-25-41(31)52-42(37)27-39(38)49-48(50-46)51-40-24-12-10-23-36(40)45-44-33-20-7-5-17-30(33)29-16-4-6-19-32(29)43(44)34-21-8-9-22-35(34)47(45)51/h1-27H. The lowest BCUT2D eigenvalue weighted by Gasteiger charge is -2.16. The smallest absolute Gasteiger partial charge is 0.235 e. The molecule has 0 fully saturated rings. The first-order valence-corrected chi connectivity index (χ1v) is 18.5. The van der Waals surface area contributed by atoms with Crippen LogP contribution in [0.5, 0.6) is 0 Å². The van der Waals surface area contributed by atoms with Gasteiger partial charge >= 0.3 is 0 Å². The van der Waals surface area contributed by atoms with Crippen molar-refractivity contribution in [3.63, 3.8) is 0 Å². The molecule has 3 nitrogen and oxygen atoms in total. The maximum Gasteiger partial charge on any atom is 0.235 e. The first kappa shape index (κ1) is 28.1. The van der Waals surface area contributed by atoms with Gasteiger partial charge in [0.15, 0.2) is 0 Å². The van der Waals surface area contributed by atoms with Gasteiger partial charge in [-0.1, -0.05) is 140 Å². The second kappa shape index (κ2) is 10.5. The summed E-state index contributed by atoms with van der Waals surface area (Å²) in [7, 11) is 0. The second-order valence-corrected chi connectivity index (χ2v) is 14.7. The minimum Gasteiger partial charge on any atom is -0.277 e. The molecule has 240 valence electrons. The van der Waals surface area contributed by atoms with Gasteiger partial charge < -0.3 is 0 Å². The molecule has 0 aliphatic heterocycles. The summed E-state index contributed by atoms with van der Waals surface area (Å²) >= 11 is 1.82. The average molecular weight is 678 g/mol. The Morgan fingerprint density at radius 1 is 0.385 bits per heavy atom. The molecular formula is C48H27N3S. The summed E-state index contributed by atoms with van der Waals surface area (Å²) < 4.78 is 4.84. The number of benzene rings is 9. The van der Waals surface area contributed by atoms with Crippen molar-refractivity contribution in [2.45, 2.75) is 0 Å². The molecule has 0 amide bonds. The van der Waals surface area contributed by atoms with Crippen LogP contribution in [0.1, 0.15) is 0 Å². The summed E-state index contributed by atoms with van der Waals surface area (Å²) in [5.41, 5.74) is 5.17. The third-order valence-corrected chi connectivity index (χ3v) is 12.1. The molecule has 52 heavy (non-hydrogen) atoms. The minimum atomic E-state index is 0.674. The van der Waals surface area contributed by atoms with Crippen molar-refractivity contribution < 1.29 is 0 Å². The van der Waals surface area contributed by atoms with Crippen molar-refractivity contribution in [3.8, 4) is 17.2 Å². The fraction of sp³-hybridized carbons (Fsp3) is 0. The second-order valence-electron chi connectivity index (χ2n) is 13.7. The number of rotatable bonds is 2. The number of aromatic nitrogens is 3. The lowest BCUT2D eigenvalue weighted by atomic mass is 9.88. The molecule has 0 radical (unpaired) electrons. The Bertz CT molecular complexity index is 3470. The quantitative estimate of drug-likeness (QED) is 0.171. The highest BCUT2D eigenvalue weighted by atomic mass is 32.1. The van der Waals surface area contributed by atoms with Crippen molar-refractivity contribution in [1.82, 2.24) is 14.5 Å². The fourth-order valence-corrected chi connectivity index (χ4v) is 9.92. The van der Waals surface area contributed by atoms with Gasteiger partial charge in [-0.3, -0.25) is 4.57 Å². The Morgan fingerprint density at radius 2 is 0.962 bits per heavy atom. The van der Waals surface area contributed by atoms with Crippen LogP contribution in [0.3, 0.4) is 0 Å². The van der Waals surface area contributed by atoms with E-state index in [1.165, 1.54) is 74.0 Å². The van der Waals surface area contributed by atoms with Crippen LogP contribution < -0.4 is 0 Å². The summed E-state index contributed by atoms with van der Waals surface area (Å²) in [6, 6.07) is 59.3. The van der Waals surface area contributed by atoms with Crippen LogP contribution in [0.2, 0.25) is 0 Å². The highest BCUT2D eigenvalue weighted by Gasteiger charge is 2.24. The van der Waals surface area contributed by atoms with Gasteiger partial charge in [-0.15, -0.1) is 11.3 Å². The summed E-state index contributed by atoms with van der Waals surface area (Å²) in [5.74, 6) is 0.674. The Hall–Kier alpha value is -6.62. The maximum absolute atomic E-state index is 5.54. The molecule has 12 rings (SSSR count). The maximum atomic E-state index is 5.54. The zero-order chi connectivity index (χ0) is 33.9. The number of thiophene rings is 1. The Balaban J connectivity index is 1.31. The molecule has 0 aliphatic rings. The van der Waals surface area contributed by atoms with E-state index in [0.29, 0.717) is 5.95 Å². The normalized spacial score (nSPS) is 12.2. The molecule has 0 unspecified atom stereocenters. The van der Waals surface area contributed by atoms with Crippen molar-refractivity contribution in [1.29, 1.82) is 0 Å². The zero-order valence-electron chi connectivity index (χ0n) is 27.8. The van der Waals surface area contributed by atoms with Crippen LogP contribution in [0.25, 0.3) is 113 Å². The fourth-order valence-electron chi connectivity index (χ4n) is 8.80. The topological polar surface area (TPSA) is 30.7 Å². The summed E-state index contributed by atoms with van der Waals surface area (Å²) in [6.07, 6.45) is 0. The van der Waals surface area contributed by atoms with Crippen LogP contribution in [-0.4, -0.2) is 14.5 Å². The highest BCUT2D eigenvalue weighted by Crippen LogP contribution is 2.48. The van der Waals surface area contributed by atoms with Gasteiger partial charge in [0.1, 0.15) is 0 Å². The molecular weight excluding hydrogens is 651 g/mol. The highest BCUT2D eigenvalue weighted by molar-refractivity contribution is 7.25. The van der Waals surface area contributed by atoms with Crippen LogP contribution in [0, 0.1) is 0 Å². The summed E-state index contributed by atoms with van der Waals surface area (Å²) in [4.78, 5) is 11.0. The van der Waals surface area contributed by atoms with Crippen molar-refractivity contribution >= 4 is 107 Å². The van der Waals surface area contributed by atoms with Crippen LogP contribution >= 0.6 is 11.3 Å². The number of hydrogen-bond acceptors (Lipinski definition) is 3. The molecule has 0 atom stereocenters. The summed E-state index contributed by atoms with van der Waals surface area (Å²) in [5, 5.41) is 16.0. The Kier molecular flexibility index (Phi) is 5.65. The molecule has 3 heterocycles. The van der Waals surface area contributed by atoms with Gasteiger partial charge in [0, 0.05) is 52.7 Å². The third-order valence-electron chi connectivity index (χ3n) is 10.9. The van der Waals surface area contributed by atoms with Gasteiger partial charge in [-0.05, 0) is 56.6 Å². The minimum absolute atomic E-state index is 0.674. The predicted octanol–water partition coefficient (Wildman–Crippen LogP) is 13.4. The number of hydrogen-bond donors (Lipinski definition) is 0. The molecule has 9 aromatic carbocycles. The molecule has 0 saturated carbocycles. The summed E-state index contributed by atoms with van der Waals surface area (Å²) in [6.45, 7) is 0. The first-order valence-electron chi connectivity index (χ1n) is 17.7. The van der Waals surface area contributed by atoms with E-state index in [1.807, 2.05) is 11.3 Å². The van der Waals surface area contributed by atoms with Gasteiger partial charge in [-0.2, -0.15) is 0 Å². The van der Waals surface area contributed by atoms with Crippen molar-refractivity contribution in [2.24, 2.45) is 0 Å². The third kappa shape index (κ3) is 3.74. The van der Waals surface area contributed by atoms with E-state index >= 15 is 0 Å². The van der Waals surface area contributed by atoms with E-state index in [4.69, 9.17) is 9.97 Å². The van der Waals surface area contributed by atoms with E-state index in [0.717, 1.165) is 33.2 Å². The molecule has 0 aliphatic carbocycles. The molecule has 4 heteroatoms. The molecule has 12 aromatic rings. The average Bonchev–Trinajstić information content (AvgIpc) is 3.75. The van der Waals surface area contributed by atoms with Crippen molar-refractivity contribution in [2.75, 3.05) is 0 Å². The van der Waals surface area contributed by atoms with Gasteiger partial charge in [-0.25, -0.2) is 9.97 Å². The SMILES string of the molecule is c1ccc(-c2nc(-n3c4ccccc4c4c5c6ccccc6c6ccccc6c5c5ccccc5c43)nc3cc4sc5ccccc5c4cc23)cc1. The van der Waals surface area contributed by atoms with Crippen LogP contribution in [-0.2, 0) is 0 Å². The van der Waals surface area contributed by atoms with Crippen LogP contribution in [0.15, 0.2) is 164 Å². The molecule has 0 N–H and O–H groups in total. The van der Waals surface area contributed by atoms with E-state index in [-0.39, 0.29) is 0 Å². The van der Waals surface area contributed by atoms with E-state index in [2.05, 4.69) is 168 Å². The first-order chi connectivity index (χ1) is 25.8. The molecule has 0 bridgehead atoms. The number of fused-ring (bicyclic) bond motifs is 17. The molecule has 3 aromatic heterocycles. The lowest BCUT2D eigenvalue weighted by molar-refractivity contribution is 1.02. The molecule has 0 saturated heterocycles. The number of para-hydroxylation sites is 1. The van der Waals surface area contributed by atoms with Crippen LogP contribution in [0.4, 0.5) is 0 Å². The van der Waals surface area contributed by atoms with Gasteiger partial charge in [0.25, 0.3) is 0 Å². The van der Waals surface area contributed by atoms with E-state index < -0.39 is 0 Å². The van der Waals surface area contributed by atoms with Gasteiger partial charge in [0.2, 0.25) is 5.95 Å². The molecule has 0 spiro atoms.